The topological polar surface area (TPSA) is 59.4 Å². The molecule has 0 saturated carbocycles. The van der Waals surface area contributed by atoms with Crippen molar-refractivity contribution in [2.45, 2.75) is 39.7 Å². The molecular weight excluding hydrogens is 242 g/mol. The maximum absolute atomic E-state index is 11.1. The molecule has 1 aromatic heterocycles. The first-order valence-corrected chi connectivity index (χ1v) is 5.94. The molecule has 0 unspecified atom stereocenters. The Balaban J connectivity index is 3.16. The number of hydrogen-bond acceptors (Lipinski definition) is 3. The lowest BCUT2D eigenvalue weighted by atomic mass is 10.2. The molecule has 1 heterocycles. The molecule has 94 valence electrons. The maximum atomic E-state index is 11.1. The van der Waals surface area contributed by atoms with Crippen molar-refractivity contribution in [3.8, 4) is 5.75 Å². The van der Waals surface area contributed by atoms with Crippen molar-refractivity contribution in [3.63, 3.8) is 0 Å². The average Bonchev–Trinajstić information content (AvgIpc) is 2.24. The predicted molar refractivity (Wildman–Crippen MR) is 65.9 cm³/mol. The first-order chi connectivity index (χ1) is 7.99. The molecule has 0 spiro atoms. The third kappa shape index (κ3) is 3.33. The molecule has 4 nitrogen and oxygen atoms in total. The van der Waals surface area contributed by atoms with Gasteiger partial charge in [-0.25, -0.2) is 9.78 Å². The molecule has 0 aliphatic carbocycles. The Hall–Kier alpha value is -1.29. The van der Waals surface area contributed by atoms with E-state index >= 15 is 0 Å². The zero-order chi connectivity index (χ0) is 13.0. The van der Waals surface area contributed by atoms with Crippen molar-refractivity contribution < 1.29 is 14.6 Å². The second-order valence-corrected chi connectivity index (χ2v) is 4.15. The smallest absolute Gasteiger partial charge is 0.342 e. The number of aromatic nitrogens is 1. The van der Waals surface area contributed by atoms with Crippen LogP contribution in [0.15, 0.2) is 6.07 Å². The first kappa shape index (κ1) is 13.8. The van der Waals surface area contributed by atoms with Gasteiger partial charge in [-0.2, -0.15) is 0 Å². The molecule has 1 aromatic rings. The summed E-state index contributed by atoms with van der Waals surface area (Å²) >= 11 is 5.83. The number of carboxylic acid groups (broad SMARTS) is 1. The lowest BCUT2D eigenvalue weighted by Gasteiger charge is -2.17. The van der Waals surface area contributed by atoms with Gasteiger partial charge in [-0.1, -0.05) is 25.4 Å². The van der Waals surface area contributed by atoms with E-state index in [9.17, 15) is 4.79 Å². The molecule has 0 aromatic carbocycles. The number of carboxylic acids is 1. The van der Waals surface area contributed by atoms with Crippen LogP contribution in [0.3, 0.4) is 0 Å². The van der Waals surface area contributed by atoms with Gasteiger partial charge in [-0.05, 0) is 19.8 Å². The number of aryl methyl sites for hydroxylation is 1. The molecule has 17 heavy (non-hydrogen) atoms. The molecule has 0 aliphatic rings. The van der Waals surface area contributed by atoms with E-state index in [1.807, 2.05) is 13.8 Å². The number of hydrogen-bond donors (Lipinski definition) is 1. The van der Waals surface area contributed by atoms with E-state index in [1.165, 1.54) is 0 Å². The Bertz CT molecular complexity index is 416. The number of nitrogens with zero attached hydrogens (tertiary/aromatic N) is 1. The zero-order valence-corrected chi connectivity index (χ0v) is 10.9. The second kappa shape index (κ2) is 5.87. The quantitative estimate of drug-likeness (QED) is 0.822. The fourth-order valence-corrected chi connectivity index (χ4v) is 1.84. The molecule has 5 heteroatoms. The van der Waals surface area contributed by atoms with Gasteiger partial charge < -0.3 is 9.84 Å². The van der Waals surface area contributed by atoms with Crippen molar-refractivity contribution in [1.82, 2.24) is 4.98 Å². The molecule has 0 radical (unpaired) electrons. The third-order valence-electron chi connectivity index (χ3n) is 2.49. The number of ether oxygens (including phenoxy) is 1. The number of halogens is 1. The van der Waals surface area contributed by atoms with Crippen molar-refractivity contribution >= 4 is 17.6 Å². The van der Waals surface area contributed by atoms with Crippen molar-refractivity contribution in [2.75, 3.05) is 0 Å². The van der Waals surface area contributed by atoms with Gasteiger partial charge >= 0.3 is 5.97 Å². The molecule has 0 bridgehead atoms. The molecule has 0 aliphatic heterocycles. The Morgan fingerprint density at radius 3 is 2.59 bits per heavy atom. The van der Waals surface area contributed by atoms with E-state index in [2.05, 4.69) is 4.98 Å². The van der Waals surface area contributed by atoms with Crippen LogP contribution in [0.5, 0.6) is 5.75 Å². The summed E-state index contributed by atoms with van der Waals surface area (Å²) in [5, 5.41) is 9.06. The van der Waals surface area contributed by atoms with Gasteiger partial charge in [0.1, 0.15) is 16.5 Å². The summed E-state index contributed by atoms with van der Waals surface area (Å²) in [6, 6.07) is 1.60. The minimum absolute atomic E-state index is 0.00836. The van der Waals surface area contributed by atoms with E-state index in [-0.39, 0.29) is 16.8 Å². The summed E-state index contributed by atoms with van der Waals surface area (Å²) in [5.41, 5.74) is 0.574. The average molecular weight is 258 g/mol. The van der Waals surface area contributed by atoms with Gasteiger partial charge in [0.05, 0.1) is 6.10 Å². The van der Waals surface area contributed by atoms with Crippen LogP contribution < -0.4 is 4.74 Å². The molecule has 0 amide bonds. The highest BCUT2D eigenvalue weighted by Gasteiger charge is 2.20. The van der Waals surface area contributed by atoms with E-state index < -0.39 is 5.97 Å². The molecular formula is C12H16ClNO3. The number of rotatable bonds is 5. The molecule has 1 rings (SSSR count). The summed E-state index contributed by atoms with van der Waals surface area (Å²) in [6.45, 7) is 5.73. The van der Waals surface area contributed by atoms with E-state index in [0.717, 1.165) is 12.8 Å². The van der Waals surface area contributed by atoms with Crippen LogP contribution in [0.25, 0.3) is 0 Å². The van der Waals surface area contributed by atoms with Crippen LogP contribution in [-0.2, 0) is 0 Å². The maximum Gasteiger partial charge on any atom is 0.342 e. The van der Waals surface area contributed by atoms with Crippen LogP contribution in [0, 0.1) is 6.92 Å². The predicted octanol–water partition coefficient (Wildman–Crippen LogP) is 3.31. The minimum Gasteiger partial charge on any atom is -0.489 e. The monoisotopic (exact) mass is 257 g/mol. The fraction of sp³-hybridized carbons (Fsp3) is 0.500. The van der Waals surface area contributed by atoms with Gasteiger partial charge in [-0.3, -0.25) is 0 Å². The normalized spacial score (nSPS) is 10.6. The molecule has 0 atom stereocenters. The summed E-state index contributed by atoms with van der Waals surface area (Å²) in [4.78, 5) is 15.0. The Kier molecular flexibility index (Phi) is 4.75. The van der Waals surface area contributed by atoms with Crippen LogP contribution in [0.4, 0.5) is 0 Å². The lowest BCUT2D eigenvalue weighted by Crippen LogP contribution is -2.16. The first-order valence-electron chi connectivity index (χ1n) is 5.56. The fourth-order valence-electron chi connectivity index (χ4n) is 1.53. The number of pyridine rings is 1. The summed E-state index contributed by atoms with van der Waals surface area (Å²) < 4.78 is 5.66. The highest BCUT2D eigenvalue weighted by Crippen LogP contribution is 2.27. The van der Waals surface area contributed by atoms with E-state index in [4.69, 9.17) is 21.4 Å². The minimum atomic E-state index is -1.12. The standard InChI is InChI=1S/C12H16ClNO3/c1-4-8(5-2)17-9-6-7(3)14-11(13)10(9)12(15)16/h6,8H,4-5H2,1-3H3,(H,15,16). The Morgan fingerprint density at radius 2 is 2.12 bits per heavy atom. The van der Waals surface area contributed by atoms with Gasteiger partial charge in [0.25, 0.3) is 0 Å². The van der Waals surface area contributed by atoms with Gasteiger partial charge in [0.15, 0.2) is 0 Å². The number of carbonyl (C=O) groups is 1. The van der Waals surface area contributed by atoms with Gasteiger partial charge in [0.2, 0.25) is 0 Å². The van der Waals surface area contributed by atoms with Crippen LogP contribution in [-0.4, -0.2) is 22.2 Å². The summed E-state index contributed by atoms with van der Waals surface area (Å²) in [7, 11) is 0. The van der Waals surface area contributed by atoms with Crippen LogP contribution in [0.1, 0.15) is 42.7 Å². The van der Waals surface area contributed by atoms with Crippen molar-refractivity contribution in [3.05, 3.63) is 22.5 Å². The van der Waals surface area contributed by atoms with E-state index in [0.29, 0.717) is 11.4 Å². The Labute approximate surface area is 106 Å². The van der Waals surface area contributed by atoms with E-state index in [1.54, 1.807) is 13.0 Å². The highest BCUT2D eigenvalue weighted by molar-refractivity contribution is 6.32. The molecule has 0 saturated heterocycles. The summed E-state index contributed by atoms with van der Waals surface area (Å²) in [5.74, 6) is -0.827. The molecule has 0 fully saturated rings. The SMILES string of the molecule is CCC(CC)Oc1cc(C)nc(Cl)c1C(=O)O. The van der Waals surface area contributed by atoms with Crippen LogP contribution >= 0.6 is 11.6 Å². The zero-order valence-electron chi connectivity index (χ0n) is 10.2. The van der Waals surface area contributed by atoms with Crippen molar-refractivity contribution in [1.29, 1.82) is 0 Å². The van der Waals surface area contributed by atoms with Gasteiger partial charge in [-0.15, -0.1) is 0 Å². The second-order valence-electron chi connectivity index (χ2n) is 3.79. The third-order valence-corrected chi connectivity index (χ3v) is 2.76. The lowest BCUT2D eigenvalue weighted by molar-refractivity contribution is 0.0688. The summed E-state index contributed by atoms with van der Waals surface area (Å²) in [6.07, 6.45) is 1.62. The Morgan fingerprint density at radius 1 is 1.53 bits per heavy atom. The molecule has 1 N–H and O–H groups in total. The van der Waals surface area contributed by atoms with Gasteiger partial charge in [0, 0.05) is 11.8 Å². The largest absolute Gasteiger partial charge is 0.489 e. The number of aromatic carboxylic acids is 1. The van der Waals surface area contributed by atoms with Crippen LogP contribution in [0.2, 0.25) is 5.15 Å². The van der Waals surface area contributed by atoms with Crippen molar-refractivity contribution in [2.24, 2.45) is 0 Å². The highest BCUT2D eigenvalue weighted by atomic mass is 35.5.